The number of halogens is 1. The fraction of sp³-hybridized carbons (Fsp3) is 0.417. The molecule has 0 radical (unpaired) electrons. The molecule has 0 saturated heterocycles. The van der Waals surface area contributed by atoms with Crippen molar-refractivity contribution in [2.75, 3.05) is 32.7 Å². The summed E-state index contributed by atoms with van der Waals surface area (Å²) in [6.45, 7) is 1.11. The molecule has 1 aromatic rings. The second kappa shape index (κ2) is 7.28. The second-order valence-corrected chi connectivity index (χ2v) is 4.32. The zero-order valence-electron chi connectivity index (χ0n) is 9.87. The van der Waals surface area contributed by atoms with Crippen molar-refractivity contribution in [2.24, 2.45) is 0 Å². The highest BCUT2D eigenvalue weighted by atomic mass is 79.9. The lowest BCUT2D eigenvalue weighted by Gasteiger charge is -2.16. The van der Waals surface area contributed by atoms with Gasteiger partial charge in [0.05, 0.1) is 24.0 Å². The second-order valence-electron chi connectivity index (χ2n) is 3.47. The van der Waals surface area contributed by atoms with Gasteiger partial charge in [0.2, 0.25) is 0 Å². The molecule has 0 aliphatic heterocycles. The van der Waals surface area contributed by atoms with E-state index in [9.17, 15) is 0 Å². The van der Waals surface area contributed by atoms with Crippen molar-refractivity contribution in [1.29, 1.82) is 5.26 Å². The minimum absolute atomic E-state index is 0.0366. The van der Waals surface area contributed by atoms with Crippen LogP contribution < -0.4 is 5.32 Å². The van der Waals surface area contributed by atoms with Crippen LogP contribution in [0.4, 0.5) is 5.69 Å². The molecule has 0 bridgehead atoms. The molecule has 1 unspecified atom stereocenters. The van der Waals surface area contributed by atoms with E-state index >= 15 is 0 Å². The van der Waals surface area contributed by atoms with Crippen LogP contribution in [0, 0.1) is 11.3 Å². The zero-order valence-corrected chi connectivity index (χ0v) is 11.5. The van der Waals surface area contributed by atoms with Crippen LogP contribution in [0.5, 0.6) is 0 Å². The molecule has 0 aromatic heterocycles. The van der Waals surface area contributed by atoms with E-state index in [1.807, 2.05) is 18.2 Å². The quantitative estimate of drug-likeness (QED) is 0.876. The van der Waals surface area contributed by atoms with E-state index in [2.05, 4.69) is 27.3 Å². The van der Waals surface area contributed by atoms with Gasteiger partial charge in [0.25, 0.3) is 0 Å². The first-order valence-electron chi connectivity index (χ1n) is 5.17. The van der Waals surface area contributed by atoms with Gasteiger partial charge in [0, 0.05) is 25.2 Å². The van der Waals surface area contributed by atoms with Crippen LogP contribution in [0.3, 0.4) is 0 Å². The standard InChI is InChI=1S/C12H15BrN2O2/c1-16-8-9(17-2)7-15-12-5-3-4-11(13)10(12)6-14/h3-5,9,15H,7-8H2,1-2H3. The number of hydrogen-bond acceptors (Lipinski definition) is 4. The van der Waals surface area contributed by atoms with Gasteiger partial charge in [-0.3, -0.25) is 0 Å². The third kappa shape index (κ3) is 4.00. The molecule has 1 N–H and O–H groups in total. The van der Waals surface area contributed by atoms with Crippen LogP contribution >= 0.6 is 15.9 Å². The Morgan fingerprint density at radius 1 is 1.47 bits per heavy atom. The van der Waals surface area contributed by atoms with Crippen molar-refractivity contribution in [1.82, 2.24) is 0 Å². The molecule has 0 saturated carbocycles. The molecule has 1 atom stereocenters. The number of ether oxygens (including phenoxy) is 2. The zero-order chi connectivity index (χ0) is 12.7. The predicted molar refractivity (Wildman–Crippen MR) is 70.0 cm³/mol. The monoisotopic (exact) mass is 298 g/mol. The highest BCUT2D eigenvalue weighted by Crippen LogP contribution is 2.23. The number of anilines is 1. The van der Waals surface area contributed by atoms with Crippen molar-refractivity contribution in [3.8, 4) is 6.07 Å². The maximum atomic E-state index is 9.05. The smallest absolute Gasteiger partial charge is 0.103 e. The van der Waals surface area contributed by atoms with Crippen LogP contribution in [0.25, 0.3) is 0 Å². The normalized spacial score (nSPS) is 11.9. The van der Waals surface area contributed by atoms with E-state index in [4.69, 9.17) is 14.7 Å². The van der Waals surface area contributed by atoms with E-state index in [1.54, 1.807) is 14.2 Å². The molecule has 4 nitrogen and oxygen atoms in total. The summed E-state index contributed by atoms with van der Waals surface area (Å²) >= 11 is 3.34. The molecule has 1 rings (SSSR count). The Labute approximate surface area is 110 Å². The molecule has 0 aliphatic carbocycles. The molecule has 1 aromatic carbocycles. The number of rotatable bonds is 6. The molecule has 5 heteroatoms. The first-order valence-corrected chi connectivity index (χ1v) is 5.96. The average Bonchev–Trinajstić information content (AvgIpc) is 2.34. The largest absolute Gasteiger partial charge is 0.382 e. The van der Waals surface area contributed by atoms with Gasteiger partial charge in [0.1, 0.15) is 6.07 Å². The minimum atomic E-state index is -0.0366. The van der Waals surface area contributed by atoms with Crippen LogP contribution in [-0.4, -0.2) is 33.5 Å². The SMILES string of the molecule is COCC(CNc1cccc(Br)c1C#N)OC. The number of nitrogens with one attached hydrogen (secondary N) is 1. The fourth-order valence-electron chi connectivity index (χ4n) is 1.41. The van der Waals surface area contributed by atoms with E-state index in [0.717, 1.165) is 10.2 Å². The molecule has 92 valence electrons. The summed E-state index contributed by atoms with van der Waals surface area (Å²) < 4.78 is 11.0. The molecule has 0 aliphatic rings. The Balaban J connectivity index is 2.69. The van der Waals surface area contributed by atoms with E-state index in [-0.39, 0.29) is 6.10 Å². The summed E-state index contributed by atoms with van der Waals surface area (Å²) in [5.74, 6) is 0. The Bertz CT molecular complexity index is 404. The first kappa shape index (κ1) is 14.0. The first-order chi connectivity index (χ1) is 8.22. The Kier molecular flexibility index (Phi) is 5.98. The third-order valence-electron chi connectivity index (χ3n) is 2.33. The maximum absolute atomic E-state index is 9.05. The van der Waals surface area contributed by atoms with Gasteiger partial charge >= 0.3 is 0 Å². The Hall–Kier alpha value is -1.09. The molecule has 0 heterocycles. The number of nitrogens with zero attached hydrogens (tertiary/aromatic N) is 1. The lowest BCUT2D eigenvalue weighted by molar-refractivity contribution is 0.0365. The summed E-state index contributed by atoms with van der Waals surface area (Å²) in [6.07, 6.45) is -0.0366. The summed E-state index contributed by atoms with van der Waals surface area (Å²) in [7, 11) is 3.27. The molecular formula is C12H15BrN2O2. The Morgan fingerprint density at radius 2 is 2.24 bits per heavy atom. The number of methoxy groups -OCH3 is 2. The van der Waals surface area contributed by atoms with Gasteiger partial charge < -0.3 is 14.8 Å². The maximum Gasteiger partial charge on any atom is 0.103 e. The van der Waals surface area contributed by atoms with Crippen molar-refractivity contribution >= 4 is 21.6 Å². The van der Waals surface area contributed by atoms with Gasteiger partial charge in [-0.25, -0.2) is 0 Å². The van der Waals surface area contributed by atoms with Crippen molar-refractivity contribution < 1.29 is 9.47 Å². The Morgan fingerprint density at radius 3 is 2.82 bits per heavy atom. The van der Waals surface area contributed by atoms with Crippen molar-refractivity contribution in [3.05, 3.63) is 28.2 Å². The molecule has 17 heavy (non-hydrogen) atoms. The predicted octanol–water partition coefficient (Wildman–Crippen LogP) is 2.39. The number of nitriles is 1. The highest BCUT2D eigenvalue weighted by Gasteiger charge is 2.09. The highest BCUT2D eigenvalue weighted by molar-refractivity contribution is 9.10. The topological polar surface area (TPSA) is 54.3 Å². The molecular weight excluding hydrogens is 284 g/mol. The summed E-state index contributed by atoms with van der Waals surface area (Å²) in [5.41, 5.74) is 1.39. The summed E-state index contributed by atoms with van der Waals surface area (Å²) in [5, 5.41) is 12.2. The van der Waals surface area contributed by atoms with Gasteiger partial charge in [-0.2, -0.15) is 5.26 Å². The van der Waals surface area contributed by atoms with Gasteiger partial charge in [0.15, 0.2) is 0 Å². The van der Waals surface area contributed by atoms with Gasteiger partial charge in [-0.1, -0.05) is 6.07 Å². The van der Waals surface area contributed by atoms with Crippen LogP contribution in [0.15, 0.2) is 22.7 Å². The van der Waals surface area contributed by atoms with Crippen LogP contribution in [0.1, 0.15) is 5.56 Å². The van der Waals surface area contributed by atoms with Crippen molar-refractivity contribution in [3.63, 3.8) is 0 Å². The summed E-state index contributed by atoms with van der Waals surface area (Å²) in [6, 6.07) is 7.74. The van der Waals surface area contributed by atoms with E-state index in [0.29, 0.717) is 18.7 Å². The third-order valence-corrected chi connectivity index (χ3v) is 2.99. The van der Waals surface area contributed by atoms with Gasteiger partial charge in [-0.05, 0) is 28.1 Å². The summed E-state index contributed by atoms with van der Waals surface area (Å²) in [4.78, 5) is 0. The average molecular weight is 299 g/mol. The van der Waals surface area contributed by atoms with Crippen LogP contribution in [0.2, 0.25) is 0 Å². The molecule has 0 amide bonds. The van der Waals surface area contributed by atoms with Crippen molar-refractivity contribution in [2.45, 2.75) is 6.10 Å². The fourth-order valence-corrected chi connectivity index (χ4v) is 1.86. The van der Waals surface area contributed by atoms with Gasteiger partial charge in [-0.15, -0.1) is 0 Å². The van der Waals surface area contributed by atoms with Crippen LogP contribution in [-0.2, 0) is 9.47 Å². The lowest BCUT2D eigenvalue weighted by Crippen LogP contribution is -2.26. The number of hydrogen-bond donors (Lipinski definition) is 1. The van der Waals surface area contributed by atoms with E-state index < -0.39 is 0 Å². The molecule has 0 fully saturated rings. The number of benzene rings is 1. The molecule has 0 spiro atoms. The van der Waals surface area contributed by atoms with E-state index in [1.165, 1.54) is 0 Å². The minimum Gasteiger partial charge on any atom is -0.382 e. The lowest BCUT2D eigenvalue weighted by atomic mass is 10.2.